The van der Waals surface area contributed by atoms with Crippen LogP contribution < -0.4 is 10.5 Å². The number of sulfonamides is 1. The van der Waals surface area contributed by atoms with Gasteiger partial charge in [0.25, 0.3) is 0 Å². The van der Waals surface area contributed by atoms with Crippen LogP contribution in [0.3, 0.4) is 0 Å². The topological polar surface area (TPSA) is 160 Å². The van der Waals surface area contributed by atoms with Crippen LogP contribution in [0.5, 0.6) is 0 Å². The molecule has 3 saturated carbocycles. The van der Waals surface area contributed by atoms with Crippen molar-refractivity contribution in [1.82, 2.24) is 19.1 Å². The van der Waals surface area contributed by atoms with E-state index < -0.39 is 39.6 Å². The zero-order chi connectivity index (χ0) is 30.8. The minimum Gasteiger partial charge on any atom is -0.475 e. The van der Waals surface area contributed by atoms with Crippen molar-refractivity contribution in [3.63, 3.8) is 0 Å². The number of imidazole rings is 1. The second-order valence-corrected chi connectivity index (χ2v) is 12.1. The molecule has 10 nitrogen and oxygen atoms in total. The van der Waals surface area contributed by atoms with Gasteiger partial charge in [0.15, 0.2) is 17.2 Å². The van der Waals surface area contributed by atoms with E-state index in [1.807, 2.05) is 0 Å². The van der Waals surface area contributed by atoms with E-state index in [4.69, 9.17) is 15.6 Å². The summed E-state index contributed by atoms with van der Waals surface area (Å²) >= 11 is 0. The van der Waals surface area contributed by atoms with E-state index in [-0.39, 0.29) is 34.1 Å². The van der Waals surface area contributed by atoms with Crippen LogP contribution in [0.15, 0.2) is 29.4 Å². The van der Waals surface area contributed by atoms with Gasteiger partial charge in [-0.05, 0) is 62.1 Å². The Labute approximate surface area is 229 Å². The Kier molecular flexibility index (Phi) is 7.32. The lowest BCUT2D eigenvalue weighted by atomic mass is 9.66. The number of halogens is 6. The summed E-state index contributed by atoms with van der Waals surface area (Å²) in [7, 11) is -3.93. The molecule has 0 amide bonds. The molecule has 0 saturated heterocycles. The van der Waals surface area contributed by atoms with Gasteiger partial charge in [0, 0.05) is 23.9 Å². The van der Waals surface area contributed by atoms with E-state index in [0.717, 1.165) is 12.6 Å². The maximum atomic E-state index is 13.4. The highest BCUT2D eigenvalue weighted by atomic mass is 32.2. The number of aliphatic carboxylic acids is 1. The molecular weight excluding hydrogens is 584 g/mol. The number of nitrogen functional groups attached to an aromatic ring is 1. The average molecular weight is 610 g/mol. The number of aryl methyl sites for hydroxylation is 2. The Balaban J connectivity index is 0.000000493. The number of carboxylic acid groups (broad SMARTS) is 1. The van der Waals surface area contributed by atoms with Crippen LogP contribution in [0.1, 0.15) is 42.5 Å². The van der Waals surface area contributed by atoms with E-state index in [1.165, 1.54) is 16.7 Å². The number of nitrogens with two attached hydrogens (primary N) is 1. The van der Waals surface area contributed by atoms with Crippen molar-refractivity contribution in [3.8, 4) is 11.3 Å². The normalized spacial score (nSPS) is 22.3. The van der Waals surface area contributed by atoms with Crippen LogP contribution >= 0.6 is 0 Å². The molecule has 2 heterocycles. The molecule has 3 aliphatic rings. The van der Waals surface area contributed by atoms with Gasteiger partial charge in [0.1, 0.15) is 0 Å². The maximum absolute atomic E-state index is 13.4. The monoisotopic (exact) mass is 609 g/mol. The first kappa shape index (κ1) is 30.5. The molecular formula is C24H25F6N5O5S. The molecule has 41 heavy (non-hydrogen) atoms. The van der Waals surface area contributed by atoms with Gasteiger partial charge in [-0.1, -0.05) is 6.07 Å². The number of benzene rings is 1. The van der Waals surface area contributed by atoms with Crippen LogP contribution in [0, 0.1) is 19.3 Å². The molecule has 224 valence electrons. The summed E-state index contributed by atoms with van der Waals surface area (Å²) in [5.41, 5.74) is 5.70. The molecule has 0 atom stereocenters. The van der Waals surface area contributed by atoms with Gasteiger partial charge in [-0.25, -0.2) is 27.9 Å². The predicted molar refractivity (Wildman–Crippen MR) is 132 cm³/mol. The maximum Gasteiger partial charge on any atom is 0.490 e. The summed E-state index contributed by atoms with van der Waals surface area (Å²) in [6.45, 7) is 3.46. The summed E-state index contributed by atoms with van der Waals surface area (Å²) in [6, 6.07) is 3.15. The predicted octanol–water partition coefficient (Wildman–Crippen LogP) is 3.83. The zero-order valence-corrected chi connectivity index (χ0v) is 22.4. The van der Waals surface area contributed by atoms with Crippen molar-refractivity contribution in [2.75, 3.05) is 12.3 Å². The molecule has 0 aliphatic heterocycles. The Morgan fingerprint density at radius 3 is 2.24 bits per heavy atom. The fourth-order valence-electron chi connectivity index (χ4n) is 5.64. The molecule has 1 aromatic carbocycles. The number of hydrogen-bond donors (Lipinski definition) is 4. The number of rotatable bonds is 5. The molecule has 17 heteroatoms. The number of anilines is 1. The molecule has 0 radical (unpaired) electrons. The van der Waals surface area contributed by atoms with Crippen molar-refractivity contribution >= 4 is 27.5 Å². The molecule has 0 unspecified atom stereocenters. The van der Waals surface area contributed by atoms with Crippen LogP contribution in [-0.2, 0) is 21.0 Å². The van der Waals surface area contributed by atoms with Crippen LogP contribution in [0.2, 0.25) is 0 Å². The zero-order valence-electron chi connectivity index (χ0n) is 21.6. The lowest BCUT2D eigenvalue weighted by molar-refractivity contribution is -0.192. The lowest BCUT2D eigenvalue weighted by Crippen LogP contribution is -2.56. The number of aromatic nitrogens is 3. The van der Waals surface area contributed by atoms with Crippen molar-refractivity contribution in [1.29, 1.82) is 0 Å². The van der Waals surface area contributed by atoms with Gasteiger partial charge in [-0.2, -0.15) is 26.3 Å². The number of nitrogens with one attached hydrogen (secondary N) is 1. The molecule has 0 spiro atoms. The number of nitrogens with zero attached hydrogens (tertiary/aromatic N) is 3. The Hall–Kier alpha value is -3.44. The third-order valence-electron chi connectivity index (χ3n) is 7.39. The van der Waals surface area contributed by atoms with Gasteiger partial charge in [0.2, 0.25) is 10.0 Å². The number of carbonyl (C=O) groups is 1. The van der Waals surface area contributed by atoms with E-state index in [1.54, 1.807) is 19.9 Å². The first-order valence-corrected chi connectivity index (χ1v) is 13.5. The van der Waals surface area contributed by atoms with Gasteiger partial charge < -0.3 is 15.9 Å². The number of fused-ring (bicyclic) bond motifs is 2. The number of alkyl halides is 6. The SMILES string of the molecule is Cc1cc(C)c(S(=O)(=O)NC23CCC(CO)(C2)C3)cc1-c1cnc2c(N)nc(C(F)(F)F)cn12.O=C(O)C(F)(F)F. The van der Waals surface area contributed by atoms with Crippen LogP contribution in [0.25, 0.3) is 16.9 Å². The van der Waals surface area contributed by atoms with Crippen LogP contribution in [0.4, 0.5) is 32.2 Å². The number of carboxylic acids is 1. The van der Waals surface area contributed by atoms with Gasteiger partial charge in [-0.15, -0.1) is 0 Å². The lowest BCUT2D eigenvalue weighted by Gasteiger charge is -2.46. The largest absolute Gasteiger partial charge is 0.490 e. The van der Waals surface area contributed by atoms with E-state index in [9.17, 15) is 39.9 Å². The van der Waals surface area contributed by atoms with Gasteiger partial charge in [0.05, 0.1) is 16.8 Å². The summed E-state index contributed by atoms with van der Waals surface area (Å²) in [6.07, 6.45) is -5.03. The molecule has 3 fully saturated rings. The highest BCUT2D eigenvalue weighted by molar-refractivity contribution is 7.89. The number of aliphatic hydroxyl groups excluding tert-OH is 1. The molecule has 3 aromatic rings. The summed E-state index contributed by atoms with van der Waals surface area (Å²) < 4.78 is 103. The third-order valence-corrected chi connectivity index (χ3v) is 9.11. The molecule has 6 rings (SSSR count). The molecule has 3 aliphatic carbocycles. The van der Waals surface area contributed by atoms with Crippen molar-refractivity contribution in [2.45, 2.75) is 62.3 Å². The average Bonchev–Trinajstić information content (AvgIpc) is 3.49. The first-order valence-electron chi connectivity index (χ1n) is 12.0. The first-order chi connectivity index (χ1) is 18.7. The van der Waals surface area contributed by atoms with Crippen LogP contribution in [-0.4, -0.2) is 57.3 Å². The Morgan fingerprint density at radius 2 is 1.73 bits per heavy atom. The van der Waals surface area contributed by atoms with Crippen molar-refractivity contribution < 1.29 is 49.8 Å². The van der Waals surface area contributed by atoms with Gasteiger partial charge in [-0.3, -0.25) is 4.40 Å². The molecule has 5 N–H and O–H groups in total. The molecule has 2 bridgehead atoms. The summed E-state index contributed by atoms with van der Waals surface area (Å²) in [5, 5.41) is 16.7. The van der Waals surface area contributed by atoms with E-state index >= 15 is 0 Å². The summed E-state index contributed by atoms with van der Waals surface area (Å²) in [4.78, 5) is 16.5. The number of aliphatic hydroxyl groups is 1. The minimum atomic E-state index is -5.08. The van der Waals surface area contributed by atoms with E-state index in [2.05, 4.69) is 14.7 Å². The fraction of sp³-hybridized carbons (Fsp3) is 0.458. The van der Waals surface area contributed by atoms with E-state index in [0.29, 0.717) is 36.0 Å². The van der Waals surface area contributed by atoms with Crippen molar-refractivity contribution in [3.05, 3.63) is 41.3 Å². The smallest absolute Gasteiger partial charge is 0.475 e. The summed E-state index contributed by atoms with van der Waals surface area (Å²) in [5.74, 6) is -3.13. The Morgan fingerprint density at radius 1 is 1.12 bits per heavy atom. The second kappa shape index (κ2) is 9.84. The standard InChI is InChI=1S/C22H24F3N5O3S.C2HF3O2/c1-12-5-13(2)16(34(32,33)29-21-4-3-20(9-21,10-21)11-31)6-14(12)15-7-27-19-18(26)28-17(8-30(15)19)22(23,24)25;3-2(4,5)1(6)7/h5-8,29,31H,3-4,9-11H2,1-2H3,(H2,26,28);(H,6,7). The fourth-order valence-corrected chi connectivity index (χ4v) is 7.32. The Bertz CT molecular complexity index is 1630. The minimum absolute atomic E-state index is 0.0381. The van der Waals surface area contributed by atoms with Crippen molar-refractivity contribution in [2.24, 2.45) is 5.41 Å². The molecule has 2 aromatic heterocycles. The second-order valence-electron chi connectivity index (χ2n) is 10.5. The van der Waals surface area contributed by atoms with Gasteiger partial charge >= 0.3 is 18.3 Å². The third kappa shape index (κ3) is 5.70. The number of hydrogen-bond acceptors (Lipinski definition) is 7. The quantitative estimate of drug-likeness (QED) is 0.318. The highest BCUT2D eigenvalue weighted by Crippen LogP contribution is 2.61. The highest BCUT2D eigenvalue weighted by Gasteiger charge is 2.61.